The van der Waals surface area contributed by atoms with Crippen molar-refractivity contribution < 1.29 is 46.9 Å². The minimum Gasteiger partial charge on any atom is -0.462 e. The largest absolute Gasteiger partial charge is 0.462 e. The van der Waals surface area contributed by atoms with Crippen LogP contribution in [0.3, 0.4) is 0 Å². The van der Waals surface area contributed by atoms with Gasteiger partial charge in [-0.2, -0.15) is 10.1 Å². The molecular weight excluding hydrogens is 581 g/mol. The Morgan fingerprint density at radius 2 is 1.88 bits per heavy atom. The summed E-state index contributed by atoms with van der Waals surface area (Å²) in [4.78, 5) is 28.2. The quantitative estimate of drug-likeness (QED) is 0.183. The zero-order chi connectivity index (χ0) is 30.8. The molecule has 1 unspecified atom stereocenters. The Balaban J connectivity index is 1.65. The maximum Gasteiger partial charge on any atom is 0.459 e. The van der Waals surface area contributed by atoms with Gasteiger partial charge in [-0.05, 0) is 49.7 Å². The summed E-state index contributed by atoms with van der Waals surface area (Å²) in [7, 11) is -4.72. The lowest BCUT2D eigenvalue weighted by Gasteiger charge is -2.32. The summed E-state index contributed by atoms with van der Waals surface area (Å²) in [5.74, 6) is -0.997. The van der Waals surface area contributed by atoms with E-state index in [1.54, 1.807) is 32.0 Å². The minimum atomic E-state index is -4.72. The molecule has 42 heavy (non-hydrogen) atoms. The average Bonchev–Trinajstić information content (AvgIpc) is 3.17. The monoisotopic (exact) mass is 612 g/mol. The first-order chi connectivity index (χ1) is 19.7. The number of hydrogen-bond acceptors (Lipinski definition) is 11. The van der Waals surface area contributed by atoms with Gasteiger partial charge < -0.3 is 29.9 Å². The summed E-state index contributed by atoms with van der Waals surface area (Å²) in [6.45, 7) is 3.19. The van der Waals surface area contributed by atoms with E-state index >= 15 is 0 Å². The summed E-state index contributed by atoms with van der Waals surface area (Å²) in [5, 5.41) is 25.2. The molecule has 1 saturated heterocycles. The number of anilines is 1. The fourth-order valence-electron chi connectivity index (χ4n) is 4.28. The molecule has 6 atom stereocenters. The number of ether oxygens (including phenoxy) is 2. The van der Waals surface area contributed by atoms with Crippen LogP contribution in [0.5, 0.6) is 5.75 Å². The van der Waals surface area contributed by atoms with E-state index in [0.717, 1.165) is 17.6 Å². The van der Waals surface area contributed by atoms with Gasteiger partial charge in [-0.3, -0.25) is 13.9 Å². The van der Waals surface area contributed by atoms with E-state index in [4.69, 9.17) is 24.3 Å². The van der Waals surface area contributed by atoms with Crippen molar-refractivity contribution in [2.24, 2.45) is 0 Å². The molecule has 0 amide bonds. The fourth-order valence-corrected chi connectivity index (χ4v) is 5.80. The number of hydrogen-bond donors (Lipinski definition) is 4. The van der Waals surface area contributed by atoms with Crippen molar-refractivity contribution in [2.75, 3.05) is 12.3 Å². The van der Waals surface area contributed by atoms with Crippen LogP contribution in [0.1, 0.15) is 27.0 Å². The Labute approximate surface area is 238 Å². The number of aromatic nitrogens is 2. The lowest BCUT2D eigenvalue weighted by molar-refractivity contribution is -0.192. The highest BCUT2D eigenvalue weighted by molar-refractivity contribution is 7.52. The fraction of sp³-hybridized carbons (Fsp3) is 0.423. The van der Waals surface area contributed by atoms with Crippen molar-refractivity contribution in [1.82, 2.24) is 14.6 Å². The number of aliphatic hydroxyl groups is 2. The molecular formula is C26H31F2N4O9P. The number of nitrogen functional groups attached to an aromatic ring is 1. The minimum absolute atomic E-state index is 0.00496. The zero-order valence-corrected chi connectivity index (χ0v) is 23.7. The molecule has 16 heteroatoms. The highest BCUT2D eigenvalue weighted by Crippen LogP contribution is 2.49. The third kappa shape index (κ3) is 6.61. The molecule has 0 bridgehead atoms. The van der Waals surface area contributed by atoms with Crippen molar-refractivity contribution in [1.29, 1.82) is 0 Å². The highest BCUT2D eigenvalue weighted by Gasteiger charge is 2.61. The van der Waals surface area contributed by atoms with Gasteiger partial charge in [0.15, 0.2) is 11.8 Å². The molecule has 13 nitrogen and oxygen atoms in total. The summed E-state index contributed by atoms with van der Waals surface area (Å²) >= 11 is 0. The number of benzene rings is 2. The Kier molecular flexibility index (Phi) is 9.30. The lowest BCUT2D eigenvalue weighted by Crippen LogP contribution is -2.53. The van der Waals surface area contributed by atoms with Crippen LogP contribution >= 0.6 is 7.75 Å². The number of nitrogens with zero attached hydrogens (tertiary/aromatic N) is 2. The Bertz CT molecular complexity index is 1540. The van der Waals surface area contributed by atoms with Gasteiger partial charge in [0.1, 0.15) is 29.8 Å². The highest BCUT2D eigenvalue weighted by atomic mass is 31.2. The molecule has 0 saturated carbocycles. The van der Waals surface area contributed by atoms with E-state index in [1.165, 1.54) is 19.1 Å². The van der Waals surface area contributed by atoms with Crippen LogP contribution in [0.25, 0.3) is 10.8 Å². The number of carbonyl (C=O) groups excluding carboxylic acids is 1. The molecule has 0 radical (unpaired) electrons. The molecule has 5 N–H and O–H groups in total. The summed E-state index contributed by atoms with van der Waals surface area (Å²) in [6, 6.07) is 11.7. The maximum atomic E-state index is 14.6. The van der Waals surface area contributed by atoms with Gasteiger partial charge in [0.2, 0.25) is 0 Å². The molecule has 2 aromatic carbocycles. The predicted molar refractivity (Wildman–Crippen MR) is 146 cm³/mol. The smallest absolute Gasteiger partial charge is 0.459 e. The van der Waals surface area contributed by atoms with Gasteiger partial charge in [-0.15, -0.1) is 0 Å². The second-order valence-corrected chi connectivity index (χ2v) is 11.6. The first-order valence-corrected chi connectivity index (χ1v) is 14.4. The first-order valence-electron chi connectivity index (χ1n) is 12.8. The van der Waals surface area contributed by atoms with Gasteiger partial charge in [0, 0.05) is 6.20 Å². The first kappa shape index (κ1) is 31.5. The van der Waals surface area contributed by atoms with E-state index in [2.05, 4.69) is 10.1 Å². The van der Waals surface area contributed by atoms with Crippen LogP contribution in [0.4, 0.5) is 14.6 Å². The SMILES string of the molecule is CC(C)OC(=O)[C@H](C)NP(=O)(OC[C@@]1(C(F)F)O[C@@H](n2ccc(N)nc2=O)[C@H](O)[C@@H]1O)Oc1ccc2ccccc2c1. The van der Waals surface area contributed by atoms with Gasteiger partial charge in [0.25, 0.3) is 6.43 Å². The van der Waals surface area contributed by atoms with Gasteiger partial charge >= 0.3 is 19.4 Å². The van der Waals surface area contributed by atoms with E-state index in [1.807, 2.05) is 12.1 Å². The van der Waals surface area contributed by atoms with Crippen molar-refractivity contribution in [2.45, 2.75) is 63.4 Å². The molecule has 1 aromatic heterocycles. The molecule has 1 fully saturated rings. The van der Waals surface area contributed by atoms with Crippen LogP contribution in [-0.4, -0.2) is 68.7 Å². The number of rotatable bonds is 11. The van der Waals surface area contributed by atoms with Crippen LogP contribution in [0.2, 0.25) is 0 Å². The normalized spacial score (nSPS) is 24.5. The van der Waals surface area contributed by atoms with Crippen molar-refractivity contribution in [3.05, 3.63) is 65.2 Å². The second-order valence-electron chi connectivity index (χ2n) is 9.95. The summed E-state index contributed by atoms with van der Waals surface area (Å²) < 4.78 is 65.3. The van der Waals surface area contributed by atoms with Crippen LogP contribution in [-0.2, 0) is 23.4 Å². The van der Waals surface area contributed by atoms with E-state index in [9.17, 15) is 33.1 Å². The maximum absolute atomic E-state index is 14.6. The molecule has 2 heterocycles. The number of alkyl halides is 2. The Morgan fingerprint density at radius 3 is 2.52 bits per heavy atom. The van der Waals surface area contributed by atoms with E-state index < -0.39 is 68.6 Å². The van der Waals surface area contributed by atoms with E-state index in [-0.39, 0.29) is 11.6 Å². The standard InChI is InChI=1S/C26H31F2N4O9P/c1-14(2)39-23(35)15(3)31-42(37,41-18-9-8-16-6-4-5-7-17(16)12-18)38-13-26(24(27)28)21(34)20(33)22(40-26)32-11-10-19(29)30-25(32)36/h4-12,14-15,20-22,24,33-34H,13H2,1-3H3,(H,31,37)(H2,29,30,36)/t15-,20+,21-,22+,26+,42?/m0/s1. The molecule has 1 aliphatic rings. The molecule has 3 aromatic rings. The third-order valence-electron chi connectivity index (χ3n) is 6.42. The average molecular weight is 613 g/mol. The van der Waals surface area contributed by atoms with Crippen molar-refractivity contribution in [3.63, 3.8) is 0 Å². The number of nitrogens with one attached hydrogen (secondary N) is 1. The van der Waals surface area contributed by atoms with Crippen LogP contribution < -0.4 is 21.0 Å². The van der Waals surface area contributed by atoms with Crippen molar-refractivity contribution in [3.8, 4) is 5.75 Å². The Morgan fingerprint density at radius 1 is 1.19 bits per heavy atom. The number of nitrogens with two attached hydrogens (primary N) is 1. The molecule has 228 valence electrons. The molecule has 4 rings (SSSR count). The van der Waals surface area contributed by atoms with Gasteiger partial charge in [-0.1, -0.05) is 30.3 Å². The topological polar surface area (TPSA) is 184 Å². The van der Waals surface area contributed by atoms with Crippen molar-refractivity contribution >= 4 is 30.3 Å². The lowest BCUT2D eigenvalue weighted by atomic mass is 9.96. The zero-order valence-electron chi connectivity index (χ0n) is 22.8. The number of esters is 1. The number of aliphatic hydroxyl groups excluding tert-OH is 2. The Hall–Kier alpha value is -3.46. The molecule has 0 aliphatic carbocycles. The molecule has 1 aliphatic heterocycles. The van der Waals surface area contributed by atoms with Crippen LogP contribution in [0, 0.1) is 0 Å². The summed E-state index contributed by atoms with van der Waals surface area (Å²) in [6.07, 6.45) is -9.21. The van der Waals surface area contributed by atoms with E-state index in [0.29, 0.717) is 9.95 Å². The van der Waals surface area contributed by atoms with Gasteiger partial charge in [-0.25, -0.2) is 18.1 Å². The third-order valence-corrected chi connectivity index (χ3v) is 8.04. The second kappa shape index (κ2) is 12.4. The predicted octanol–water partition coefficient (Wildman–Crippen LogP) is 2.37. The molecule has 0 spiro atoms. The summed E-state index contributed by atoms with van der Waals surface area (Å²) in [5.41, 5.74) is 1.44. The number of carbonyl (C=O) groups is 1. The van der Waals surface area contributed by atoms with Crippen LogP contribution in [0.15, 0.2) is 59.5 Å². The number of halogens is 2. The van der Waals surface area contributed by atoms with Gasteiger partial charge in [0.05, 0.1) is 12.7 Å². The number of fused-ring (bicyclic) bond motifs is 1.